The predicted molar refractivity (Wildman–Crippen MR) is 87.0 cm³/mol. The van der Waals surface area contributed by atoms with Crippen LogP contribution in [0.25, 0.3) is 0 Å². The Labute approximate surface area is 133 Å². The van der Waals surface area contributed by atoms with Gasteiger partial charge in [0, 0.05) is 10.2 Å². The molecule has 0 radical (unpaired) electrons. The van der Waals surface area contributed by atoms with E-state index in [1.165, 1.54) is 6.07 Å². The Balaban J connectivity index is 2.12. The first-order valence-electron chi connectivity index (χ1n) is 5.73. The minimum Gasteiger partial charge on any atom is -0.332 e. The van der Waals surface area contributed by atoms with Gasteiger partial charge in [-0.1, -0.05) is 15.9 Å². The van der Waals surface area contributed by atoms with Crippen molar-refractivity contribution in [2.24, 2.45) is 0 Å². The van der Waals surface area contributed by atoms with E-state index in [2.05, 4.69) is 26.6 Å². The quantitative estimate of drug-likeness (QED) is 0.479. The fourth-order valence-electron chi connectivity index (χ4n) is 1.58. The van der Waals surface area contributed by atoms with Gasteiger partial charge < -0.3 is 10.6 Å². The van der Waals surface area contributed by atoms with Crippen LogP contribution in [0.1, 0.15) is 0 Å². The highest BCUT2D eigenvalue weighted by Gasteiger charge is 2.15. The van der Waals surface area contributed by atoms with Gasteiger partial charge in [-0.25, -0.2) is 4.39 Å². The van der Waals surface area contributed by atoms with Crippen molar-refractivity contribution in [2.45, 2.75) is 0 Å². The number of hydrogen-bond acceptors (Lipinski definition) is 3. The molecule has 0 fully saturated rings. The Hall–Kier alpha value is -2.06. The fraction of sp³-hybridized carbons (Fsp3) is 0. The van der Waals surface area contributed by atoms with E-state index in [9.17, 15) is 14.5 Å². The third kappa shape index (κ3) is 4.20. The molecule has 0 aliphatic carbocycles. The van der Waals surface area contributed by atoms with Crippen LogP contribution in [0.15, 0.2) is 46.9 Å². The number of hydrogen-bond donors (Lipinski definition) is 2. The van der Waals surface area contributed by atoms with E-state index in [0.29, 0.717) is 0 Å². The second-order valence-electron chi connectivity index (χ2n) is 4.00. The maximum atomic E-state index is 13.0. The molecule has 2 aromatic rings. The molecule has 0 unspecified atom stereocenters. The Morgan fingerprint density at radius 3 is 2.48 bits per heavy atom. The number of rotatable bonds is 3. The molecule has 0 heterocycles. The van der Waals surface area contributed by atoms with Crippen molar-refractivity contribution < 1.29 is 9.31 Å². The maximum Gasteiger partial charge on any atom is 0.295 e. The molecule has 2 N–H and O–H groups in total. The first-order chi connectivity index (χ1) is 9.95. The smallest absolute Gasteiger partial charge is 0.295 e. The number of nitrogens with one attached hydrogen (secondary N) is 2. The minimum atomic E-state index is -0.681. The van der Waals surface area contributed by atoms with E-state index in [0.717, 1.165) is 22.3 Å². The zero-order chi connectivity index (χ0) is 15.4. The van der Waals surface area contributed by atoms with Gasteiger partial charge in [-0.3, -0.25) is 10.1 Å². The van der Waals surface area contributed by atoms with Crippen LogP contribution in [-0.4, -0.2) is 10.0 Å². The average molecular weight is 370 g/mol. The second-order valence-corrected chi connectivity index (χ2v) is 5.33. The summed E-state index contributed by atoms with van der Waals surface area (Å²) in [5.41, 5.74) is 0.464. The van der Waals surface area contributed by atoms with E-state index in [1.54, 1.807) is 12.1 Å². The number of nitro groups is 1. The normalized spacial score (nSPS) is 10.0. The molecule has 0 aromatic heterocycles. The summed E-state index contributed by atoms with van der Waals surface area (Å²) < 4.78 is 14.0. The van der Waals surface area contributed by atoms with Crippen LogP contribution in [0.2, 0.25) is 0 Å². The summed E-state index contributed by atoms with van der Waals surface area (Å²) >= 11 is 8.39. The van der Waals surface area contributed by atoms with E-state index in [4.69, 9.17) is 12.2 Å². The molecule has 0 saturated carbocycles. The molecule has 5 nitrogen and oxygen atoms in total. The number of nitro benzene ring substituents is 1. The van der Waals surface area contributed by atoms with Crippen LogP contribution in [0, 0.1) is 15.9 Å². The molecular formula is C13H9BrFN3O2S. The number of nitrogens with zero attached hydrogens (tertiary/aromatic N) is 1. The van der Waals surface area contributed by atoms with Crippen molar-refractivity contribution in [1.82, 2.24) is 0 Å². The molecule has 0 amide bonds. The Bertz CT molecular complexity index is 694. The molecule has 0 aliphatic rings. The zero-order valence-electron chi connectivity index (χ0n) is 10.5. The molecule has 2 rings (SSSR count). The summed E-state index contributed by atoms with van der Waals surface area (Å²) in [5.74, 6) is -0.681. The number of benzene rings is 2. The molecule has 21 heavy (non-hydrogen) atoms. The number of halogens is 2. The molecule has 0 spiro atoms. The molecule has 108 valence electrons. The predicted octanol–water partition coefficient (Wildman–Crippen LogP) is 4.31. The summed E-state index contributed by atoms with van der Waals surface area (Å²) in [6, 6.07) is 10.5. The van der Waals surface area contributed by atoms with E-state index in [1.807, 2.05) is 12.1 Å². The van der Waals surface area contributed by atoms with E-state index < -0.39 is 10.7 Å². The zero-order valence-corrected chi connectivity index (χ0v) is 12.9. The average Bonchev–Trinajstić information content (AvgIpc) is 2.43. The van der Waals surface area contributed by atoms with Crippen LogP contribution >= 0.6 is 28.1 Å². The van der Waals surface area contributed by atoms with Crippen molar-refractivity contribution in [3.05, 3.63) is 62.9 Å². The number of thiocarbonyl (C=S) groups is 1. The summed E-state index contributed by atoms with van der Waals surface area (Å²) in [5, 5.41) is 16.6. The molecule has 0 saturated heterocycles. The molecule has 2 aromatic carbocycles. The van der Waals surface area contributed by atoms with Gasteiger partial charge in [0.05, 0.1) is 11.0 Å². The minimum absolute atomic E-state index is 0.121. The maximum absolute atomic E-state index is 13.0. The van der Waals surface area contributed by atoms with Gasteiger partial charge in [0.15, 0.2) is 5.11 Å². The van der Waals surface area contributed by atoms with E-state index in [-0.39, 0.29) is 16.5 Å². The van der Waals surface area contributed by atoms with Crippen molar-refractivity contribution in [2.75, 3.05) is 10.6 Å². The lowest BCUT2D eigenvalue weighted by Crippen LogP contribution is -2.19. The van der Waals surface area contributed by atoms with Crippen molar-refractivity contribution in [3.63, 3.8) is 0 Å². The topological polar surface area (TPSA) is 67.2 Å². The Morgan fingerprint density at radius 1 is 1.19 bits per heavy atom. The Kier molecular flexibility index (Phi) is 4.81. The van der Waals surface area contributed by atoms with Gasteiger partial charge >= 0.3 is 0 Å². The summed E-state index contributed by atoms with van der Waals surface area (Å²) in [4.78, 5) is 10.2. The summed E-state index contributed by atoms with van der Waals surface area (Å²) in [6.07, 6.45) is 0. The van der Waals surface area contributed by atoms with Crippen molar-refractivity contribution >= 4 is 50.3 Å². The van der Waals surface area contributed by atoms with Gasteiger partial charge in [-0.2, -0.15) is 0 Å². The third-order valence-corrected chi connectivity index (χ3v) is 3.24. The number of anilines is 2. The van der Waals surface area contributed by atoms with Crippen LogP contribution in [0.5, 0.6) is 0 Å². The lowest BCUT2D eigenvalue weighted by molar-refractivity contribution is -0.384. The van der Waals surface area contributed by atoms with Gasteiger partial charge in [0.2, 0.25) is 0 Å². The highest BCUT2D eigenvalue weighted by atomic mass is 79.9. The molecule has 0 bridgehead atoms. The van der Waals surface area contributed by atoms with Gasteiger partial charge in [-0.05, 0) is 48.6 Å². The van der Waals surface area contributed by atoms with Crippen LogP contribution in [0.4, 0.5) is 21.5 Å². The van der Waals surface area contributed by atoms with Gasteiger partial charge in [0.1, 0.15) is 11.5 Å². The van der Waals surface area contributed by atoms with Gasteiger partial charge in [0.25, 0.3) is 5.69 Å². The highest BCUT2D eigenvalue weighted by molar-refractivity contribution is 9.10. The highest BCUT2D eigenvalue weighted by Crippen LogP contribution is 2.25. The monoisotopic (exact) mass is 369 g/mol. The SMILES string of the molecule is O=[N+]([O-])c1cc(F)ccc1NC(=S)Nc1ccc(Br)cc1. The molecule has 8 heteroatoms. The lowest BCUT2D eigenvalue weighted by atomic mass is 10.2. The first kappa shape index (κ1) is 15.3. The molecule has 0 atom stereocenters. The second kappa shape index (κ2) is 6.59. The lowest BCUT2D eigenvalue weighted by Gasteiger charge is -2.10. The van der Waals surface area contributed by atoms with Crippen LogP contribution in [-0.2, 0) is 0 Å². The van der Waals surface area contributed by atoms with Crippen LogP contribution < -0.4 is 10.6 Å². The largest absolute Gasteiger partial charge is 0.332 e. The van der Waals surface area contributed by atoms with Gasteiger partial charge in [-0.15, -0.1) is 0 Å². The molecule has 0 aliphatic heterocycles. The van der Waals surface area contributed by atoms with Crippen molar-refractivity contribution in [3.8, 4) is 0 Å². The van der Waals surface area contributed by atoms with Crippen molar-refractivity contribution in [1.29, 1.82) is 0 Å². The summed E-state index contributed by atoms with van der Waals surface area (Å²) in [6.45, 7) is 0. The summed E-state index contributed by atoms with van der Waals surface area (Å²) in [7, 11) is 0. The third-order valence-electron chi connectivity index (χ3n) is 2.51. The molecular weight excluding hydrogens is 361 g/mol. The first-order valence-corrected chi connectivity index (χ1v) is 6.93. The Morgan fingerprint density at radius 2 is 1.86 bits per heavy atom. The van der Waals surface area contributed by atoms with Crippen LogP contribution in [0.3, 0.4) is 0 Å². The van der Waals surface area contributed by atoms with E-state index >= 15 is 0 Å². The standard InChI is InChI=1S/C13H9BrFN3O2S/c14-8-1-4-10(5-2-8)16-13(21)17-11-6-3-9(15)7-12(11)18(19)20/h1-7H,(H2,16,17,21). The fourth-order valence-corrected chi connectivity index (χ4v) is 2.07.